The molecule has 0 bridgehead atoms. The Labute approximate surface area is 73.7 Å². The van der Waals surface area contributed by atoms with Crippen LogP contribution in [0.15, 0.2) is 0 Å². The molecule has 1 unspecified atom stereocenters. The van der Waals surface area contributed by atoms with Gasteiger partial charge in [0.2, 0.25) is 5.91 Å². The monoisotopic (exact) mass is 196 g/mol. The van der Waals surface area contributed by atoms with Crippen LogP contribution in [0.5, 0.6) is 0 Å². The number of carbonyl (C=O) groups is 1. The molecule has 0 aromatic rings. The maximum Gasteiger partial charge on any atom is 0.397 e. The topological polar surface area (TPSA) is 41.1 Å². The van der Waals surface area contributed by atoms with Crippen LogP contribution in [0.25, 0.3) is 0 Å². The van der Waals surface area contributed by atoms with Gasteiger partial charge in [-0.25, -0.2) is 0 Å². The molecule has 0 saturated carbocycles. The summed E-state index contributed by atoms with van der Waals surface area (Å²) < 4.78 is 35.1. The zero-order valence-electron chi connectivity index (χ0n) is 6.95. The van der Waals surface area contributed by atoms with E-state index in [0.29, 0.717) is 13.0 Å². The van der Waals surface area contributed by atoms with Gasteiger partial charge in [0.15, 0.2) is 0 Å². The molecule has 1 rings (SSSR count). The second-order valence-electron chi connectivity index (χ2n) is 3.05. The molecule has 0 aromatic carbocycles. The molecule has 1 aliphatic rings. The SMILES string of the molecule is O=C(CC(F)(F)F)NC1CCNC1. The summed E-state index contributed by atoms with van der Waals surface area (Å²) in [7, 11) is 0. The van der Waals surface area contributed by atoms with Crippen LogP contribution in [0.2, 0.25) is 0 Å². The van der Waals surface area contributed by atoms with Crippen LogP contribution in [-0.4, -0.2) is 31.2 Å². The second kappa shape index (κ2) is 3.95. The minimum Gasteiger partial charge on any atom is -0.352 e. The molecule has 0 spiro atoms. The summed E-state index contributed by atoms with van der Waals surface area (Å²) in [5.74, 6) is -0.943. The lowest BCUT2D eigenvalue weighted by Crippen LogP contribution is -2.38. The highest BCUT2D eigenvalue weighted by Gasteiger charge is 2.32. The molecule has 1 fully saturated rings. The van der Waals surface area contributed by atoms with Crippen molar-refractivity contribution in [2.24, 2.45) is 0 Å². The average molecular weight is 196 g/mol. The predicted molar refractivity (Wildman–Crippen MR) is 40.1 cm³/mol. The molecule has 1 saturated heterocycles. The Kier molecular flexibility index (Phi) is 3.13. The fourth-order valence-electron chi connectivity index (χ4n) is 1.24. The van der Waals surface area contributed by atoms with E-state index in [1.807, 2.05) is 0 Å². The van der Waals surface area contributed by atoms with Crippen molar-refractivity contribution in [2.75, 3.05) is 13.1 Å². The second-order valence-corrected chi connectivity index (χ2v) is 3.05. The molecular weight excluding hydrogens is 185 g/mol. The van der Waals surface area contributed by atoms with Crippen molar-refractivity contribution in [3.05, 3.63) is 0 Å². The van der Waals surface area contributed by atoms with Crippen molar-refractivity contribution in [3.8, 4) is 0 Å². The maximum absolute atomic E-state index is 11.7. The Hall–Kier alpha value is -0.780. The molecule has 76 valence electrons. The Morgan fingerprint density at radius 1 is 1.54 bits per heavy atom. The van der Waals surface area contributed by atoms with Crippen LogP contribution in [-0.2, 0) is 4.79 Å². The molecule has 1 atom stereocenters. The average Bonchev–Trinajstić information content (AvgIpc) is 2.34. The number of hydrogen-bond acceptors (Lipinski definition) is 2. The number of carbonyl (C=O) groups excluding carboxylic acids is 1. The molecule has 0 aromatic heterocycles. The van der Waals surface area contributed by atoms with Crippen molar-refractivity contribution in [1.29, 1.82) is 0 Å². The van der Waals surface area contributed by atoms with Crippen molar-refractivity contribution >= 4 is 5.91 Å². The summed E-state index contributed by atoms with van der Waals surface area (Å²) in [5, 5.41) is 5.26. The first-order valence-corrected chi connectivity index (χ1v) is 4.04. The third kappa shape index (κ3) is 4.12. The molecule has 2 N–H and O–H groups in total. The van der Waals surface area contributed by atoms with Crippen LogP contribution < -0.4 is 10.6 Å². The van der Waals surface area contributed by atoms with Crippen LogP contribution in [0, 0.1) is 0 Å². The highest BCUT2D eigenvalue weighted by molar-refractivity contribution is 5.76. The van der Waals surface area contributed by atoms with Gasteiger partial charge in [-0.05, 0) is 13.0 Å². The number of nitrogens with one attached hydrogen (secondary N) is 2. The molecule has 0 radical (unpaired) electrons. The first kappa shape index (κ1) is 10.3. The molecule has 6 heteroatoms. The fourth-order valence-corrected chi connectivity index (χ4v) is 1.24. The van der Waals surface area contributed by atoms with Gasteiger partial charge in [0, 0.05) is 12.6 Å². The van der Waals surface area contributed by atoms with Crippen molar-refractivity contribution in [1.82, 2.24) is 10.6 Å². The third-order valence-corrected chi connectivity index (χ3v) is 1.79. The molecular formula is C7H11F3N2O. The first-order valence-electron chi connectivity index (χ1n) is 4.04. The van der Waals surface area contributed by atoms with Crippen LogP contribution in [0.4, 0.5) is 13.2 Å². The zero-order valence-corrected chi connectivity index (χ0v) is 6.95. The summed E-state index contributed by atoms with van der Waals surface area (Å²) in [6.45, 7) is 1.31. The van der Waals surface area contributed by atoms with Gasteiger partial charge in [-0.15, -0.1) is 0 Å². The van der Waals surface area contributed by atoms with E-state index < -0.39 is 18.5 Å². The number of alkyl halides is 3. The van der Waals surface area contributed by atoms with Crippen molar-refractivity contribution in [2.45, 2.75) is 25.1 Å². The predicted octanol–water partition coefficient (Wildman–Crippen LogP) is 0.417. The van der Waals surface area contributed by atoms with Gasteiger partial charge in [-0.1, -0.05) is 0 Å². The molecule has 1 heterocycles. The Bertz CT molecular complexity index is 187. The largest absolute Gasteiger partial charge is 0.397 e. The molecule has 3 nitrogen and oxygen atoms in total. The van der Waals surface area contributed by atoms with Gasteiger partial charge < -0.3 is 10.6 Å². The van der Waals surface area contributed by atoms with Gasteiger partial charge in [0.05, 0.1) is 0 Å². The molecule has 13 heavy (non-hydrogen) atoms. The normalized spacial score (nSPS) is 23.2. The van der Waals surface area contributed by atoms with Gasteiger partial charge >= 0.3 is 6.18 Å². The highest BCUT2D eigenvalue weighted by atomic mass is 19.4. The standard InChI is InChI=1S/C7H11F3N2O/c8-7(9,10)3-6(13)12-5-1-2-11-4-5/h5,11H,1-4H2,(H,12,13). The maximum atomic E-state index is 11.7. The first-order chi connectivity index (χ1) is 5.97. The lowest BCUT2D eigenvalue weighted by atomic mass is 10.2. The number of rotatable bonds is 2. The van der Waals surface area contributed by atoms with Gasteiger partial charge in [-0.3, -0.25) is 4.79 Å². The summed E-state index contributed by atoms with van der Waals surface area (Å²) in [6, 6.07) is -0.144. The zero-order chi connectivity index (χ0) is 9.90. The quantitative estimate of drug-likeness (QED) is 0.672. The summed E-state index contributed by atoms with van der Waals surface area (Å²) in [5.41, 5.74) is 0. The molecule has 1 aliphatic heterocycles. The smallest absolute Gasteiger partial charge is 0.352 e. The minimum atomic E-state index is -4.41. The Morgan fingerprint density at radius 3 is 2.69 bits per heavy atom. The van der Waals surface area contributed by atoms with Crippen molar-refractivity contribution < 1.29 is 18.0 Å². The van der Waals surface area contributed by atoms with Crippen LogP contribution >= 0.6 is 0 Å². The number of amides is 1. The Balaban J connectivity index is 2.24. The number of halogens is 3. The Morgan fingerprint density at radius 2 is 2.23 bits per heavy atom. The van der Waals surface area contributed by atoms with Gasteiger partial charge in [0.1, 0.15) is 6.42 Å². The van der Waals surface area contributed by atoms with Gasteiger partial charge in [0.25, 0.3) is 0 Å². The lowest BCUT2D eigenvalue weighted by Gasteiger charge is -2.12. The van der Waals surface area contributed by atoms with E-state index in [0.717, 1.165) is 6.54 Å². The van der Waals surface area contributed by atoms with E-state index in [4.69, 9.17) is 0 Å². The van der Waals surface area contributed by atoms with E-state index in [1.54, 1.807) is 0 Å². The van der Waals surface area contributed by atoms with Crippen LogP contribution in [0.3, 0.4) is 0 Å². The highest BCUT2D eigenvalue weighted by Crippen LogP contribution is 2.19. The summed E-state index contributed by atoms with van der Waals surface area (Å²) in [4.78, 5) is 10.8. The van der Waals surface area contributed by atoms with E-state index in [2.05, 4.69) is 10.6 Å². The van der Waals surface area contributed by atoms with Crippen molar-refractivity contribution in [3.63, 3.8) is 0 Å². The van der Waals surface area contributed by atoms with E-state index in [1.165, 1.54) is 0 Å². The fraction of sp³-hybridized carbons (Fsp3) is 0.857. The van der Waals surface area contributed by atoms with E-state index in [-0.39, 0.29) is 6.04 Å². The minimum absolute atomic E-state index is 0.144. The van der Waals surface area contributed by atoms with Crippen LogP contribution in [0.1, 0.15) is 12.8 Å². The molecule has 0 aliphatic carbocycles. The number of hydrogen-bond donors (Lipinski definition) is 2. The summed E-state index contributed by atoms with van der Waals surface area (Å²) in [6.07, 6.45) is -5.09. The van der Waals surface area contributed by atoms with E-state index >= 15 is 0 Å². The van der Waals surface area contributed by atoms with Gasteiger partial charge in [-0.2, -0.15) is 13.2 Å². The summed E-state index contributed by atoms with van der Waals surface area (Å²) >= 11 is 0. The van der Waals surface area contributed by atoms with E-state index in [9.17, 15) is 18.0 Å². The molecule has 1 amide bonds. The lowest BCUT2D eigenvalue weighted by molar-refractivity contribution is -0.154. The third-order valence-electron chi connectivity index (χ3n) is 1.79.